The Balaban J connectivity index is 1.64. The monoisotopic (exact) mass is 360 g/mol. The first kappa shape index (κ1) is 18.0. The van der Waals surface area contributed by atoms with Crippen molar-refractivity contribution in [1.29, 1.82) is 0 Å². The van der Waals surface area contributed by atoms with Crippen LogP contribution in [0.4, 0.5) is 6.01 Å². The first-order valence-corrected chi connectivity index (χ1v) is 8.63. The highest BCUT2D eigenvalue weighted by atomic mass is 16.5. The SMILES string of the molecule is COc1ccc(C(=O)N2CCN(c3nnc(C(C)C)o3)CC2)cc1OC. The van der Waals surface area contributed by atoms with Crippen molar-refractivity contribution in [3.63, 3.8) is 0 Å². The minimum absolute atomic E-state index is 0.0287. The highest BCUT2D eigenvalue weighted by Crippen LogP contribution is 2.28. The average molecular weight is 360 g/mol. The molecule has 1 saturated heterocycles. The number of carbonyl (C=O) groups is 1. The summed E-state index contributed by atoms with van der Waals surface area (Å²) >= 11 is 0. The lowest BCUT2D eigenvalue weighted by Gasteiger charge is -2.33. The van der Waals surface area contributed by atoms with Crippen LogP contribution in [0.5, 0.6) is 11.5 Å². The molecular weight excluding hydrogens is 336 g/mol. The standard InChI is InChI=1S/C18H24N4O4/c1-12(2)16-19-20-18(26-16)22-9-7-21(8-10-22)17(23)13-5-6-14(24-3)15(11-13)25-4/h5-6,11-12H,7-10H2,1-4H3. The second-order valence-corrected chi connectivity index (χ2v) is 6.43. The van der Waals surface area contributed by atoms with Gasteiger partial charge in [-0.3, -0.25) is 4.79 Å². The maximum absolute atomic E-state index is 12.8. The number of aromatic nitrogens is 2. The summed E-state index contributed by atoms with van der Waals surface area (Å²) in [6.07, 6.45) is 0. The summed E-state index contributed by atoms with van der Waals surface area (Å²) in [6.45, 7) is 6.50. The normalized spacial score (nSPS) is 14.7. The molecule has 2 heterocycles. The lowest BCUT2D eigenvalue weighted by molar-refractivity contribution is 0.0744. The number of anilines is 1. The molecule has 1 aromatic heterocycles. The summed E-state index contributed by atoms with van der Waals surface area (Å²) in [4.78, 5) is 16.6. The Morgan fingerprint density at radius 2 is 1.77 bits per heavy atom. The fourth-order valence-corrected chi connectivity index (χ4v) is 2.84. The largest absolute Gasteiger partial charge is 0.493 e. The van der Waals surface area contributed by atoms with Gasteiger partial charge in [0.15, 0.2) is 11.5 Å². The Bertz CT molecular complexity index is 766. The van der Waals surface area contributed by atoms with Gasteiger partial charge in [-0.05, 0) is 18.2 Å². The molecule has 1 aliphatic rings. The van der Waals surface area contributed by atoms with E-state index < -0.39 is 0 Å². The molecule has 8 nitrogen and oxygen atoms in total. The van der Waals surface area contributed by atoms with Crippen LogP contribution in [0.2, 0.25) is 0 Å². The van der Waals surface area contributed by atoms with Gasteiger partial charge in [0, 0.05) is 37.7 Å². The Morgan fingerprint density at radius 1 is 1.08 bits per heavy atom. The van der Waals surface area contributed by atoms with Gasteiger partial charge >= 0.3 is 6.01 Å². The molecule has 1 fully saturated rings. The Labute approximate surface area is 152 Å². The van der Waals surface area contributed by atoms with E-state index in [0.29, 0.717) is 55.1 Å². The highest BCUT2D eigenvalue weighted by molar-refractivity contribution is 5.95. The van der Waals surface area contributed by atoms with Crippen LogP contribution in [0.25, 0.3) is 0 Å². The van der Waals surface area contributed by atoms with Gasteiger partial charge < -0.3 is 23.7 Å². The molecule has 8 heteroatoms. The van der Waals surface area contributed by atoms with Gasteiger partial charge in [-0.15, -0.1) is 5.10 Å². The number of amides is 1. The van der Waals surface area contributed by atoms with Gasteiger partial charge in [-0.2, -0.15) is 0 Å². The summed E-state index contributed by atoms with van der Waals surface area (Å²) in [6, 6.07) is 5.73. The van der Waals surface area contributed by atoms with E-state index in [1.54, 1.807) is 32.4 Å². The molecule has 26 heavy (non-hydrogen) atoms. The number of carbonyl (C=O) groups excluding carboxylic acids is 1. The van der Waals surface area contributed by atoms with Gasteiger partial charge in [-0.25, -0.2) is 0 Å². The predicted octanol–water partition coefficient (Wildman–Crippen LogP) is 2.17. The van der Waals surface area contributed by atoms with E-state index in [1.165, 1.54) is 0 Å². The molecule has 1 aromatic carbocycles. The highest BCUT2D eigenvalue weighted by Gasteiger charge is 2.26. The minimum atomic E-state index is -0.0287. The lowest BCUT2D eigenvalue weighted by Crippen LogP contribution is -2.49. The quantitative estimate of drug-likeness (QED) is 0.808. The first-order valence-electron chi connectivity index (χ1n) is 8.63. The van der Waals surface area contributed by atoms with Crippen molar-refractivity contribution in [2.45, 2.75) is 19.8 Å². The molecule has 0 bridgehead atoms. The number of benzene rings is 1. The molecule has 1 aliphatic heterocycles. The third kappa shape index (κ3) is 3.58. The predicted molar refractivity (Wildman–Crippen MR) is 96.0 cm³/mol. The number of hydrogen-bond donors (Lipinski definition) is 0. The number of ether oxygens (including phenoxy) is 2. The van der Waals surface area contributed by atoms with Crippen LogP contribution in [-0.2, 0) is 0 Å². The van der Waals surface area contributed by atoms with Crippen molar-refractivity contribution in [2.75, 3.05) is 45.3 Å². The number of hydrogen-bond acceptors (Lipinski definition) is 7. The zero-order valence-electron chi connectivity index (χ0n) is 15.6. The molecule has 140 valence electrons. The minimum Gasteiger partial charge on any atom is -0.493 e. The van der Waals surface area contributed by atoms with Gasteiger partial charge in [0.25, 0.3) is 5.91 Å². The van der Waals surface area contributed by atoms with E-state index in [1.807, 2.05) is 23.6 Å². The van der Waals surface area contributed by atoms with Crippen LogP contribution in [0, 0.1) is 0 Å². The number of piperazine rings is 1. The summed E-state index contributed by atoms with van der Waals surface area (Å²) in [5.74, 6) is 1.95. The smallest absolute Gasteiger partial charge is 0.318 e. The fraction of sp³-hybridized carbons (Fsp3) is 0.500. The molecule has 3 rings (SSSR count). The number of methoxy groups -OCH3 is 2. The van der Waals surface area contributed by atoms with Crippen LogP contribution in [0.3, 0.4) is 0 Å². The van der Waals surface area contributed by atoms with Gasteiger partial charge in [0.05, 0.1) is 14.2 Å². The van der Waals surface area contributed by atoms with Crippen LogP contribution in [0.15, 0.2) is 22.6 Å². The molecule has 0 N–H and O–H groups in total. The summed E-state index contributed by atoms with van der Waals surface area (Å²) in [7, 11) is 3.13. The molecule has 2 aromatic rings. The number of nitrogens with zero attached hydrogens (tertiary/aromatic N) is 4. The molecule has 1 amide bonds. The third-order valence-corrected chi connectivity index (χ3v) is 4.39. The Hall–Kier alpha value is -2.77. The van der Waals surface area contributed by atoms with Gasteiger partial charge in [0.2, 0.25) is 5.89 Å². The summed E-state index contributed by atoms with van der Waals surface area (Å²) < 4.78 is 16.2. The molecule has 0 aliphatic carbocycles. The van der Waals surface area contributed by atoms with E-state index in [0.717, 1.165) is 0 Å². The topological polar surface area (TPSA) is 80.9 Å². The van der Waals surface area contributed by atoms with E-state index >= 15 is 0 Å². The molecular formula is C18H24N4O4. The molecule has 0 atom stereocenters. The van der Waals surface area contributed by atoms with Crippen molar-refractivity contribution in [3.05, 3.63) is 29.7 Å². The van der Waals surface area contributed by atoms with E-state index in [-0.39, 0.29) is 11.8 Å². The van der Waals surface area contributed by atoms with E-state index in [2.05, 4.69) is 10.2 Å². The zero-order valence-corrected chi connectivity index (χ0v) is 15.6. The Kier molecular flexibility index (Phi) is 5.29. The summed E-state index contributed by atoms with van der Waals surface area (Å²) in [5, 5.41) is 8.17. The van der Waals surface area contributed by atoms with Crippen molar-refractivity contribution in [2.24, 2.45) is 0 Å². The molecule has 0 unspecified atom stereocenters. The maximum atomic E-state index is 12.8. The van der Waals surface area contributed by atoms with Crippen molar-refractivity contribution < 1.29 is 18.7 Å². The zero-order chi connectivity index (χ0) is 18.7. The van der Waals surface area contributed by atoms with Gasteiger partial charge in [0.1, 0.15) is 0 Å². The van der Waals surface area contributed by atoms with Crippen LogP contribution >= 0.6 is 0 Å². The molecule has 0 saturated carbocycles. The van der Waals surface area contributed by atoms with E-state index in [9.17, 15) is 4.79 Å². The first-order chi connectivity index (χ1) is 12.5. The van der Waals surface area contributed by atoms with Crippen LogP contribution in [-0.4, -0.2) is 61.4 Å². The van der Waals surface area contributed by atoms with Crippen LogP contribution in [0.1, 0.15) is 36.0 Å². The fourth-order valence-electron chi connectivity index (χ4n) is 2.84. The third-order valence-electron chi connectivity index (χ3n) is 4.39. The average Bonchev–Trinajstić information content (AvgIpc) is 3.17. The van der Waals surface area contributed by atoms with Crippen molar-refractivity contribution in [1.82, 2.24) is 15.1 Å². The second-order valence-electron chi connectivity index (χ2n) is 6.43. The second kappa shape index (κ2) is 7.63. The number of rotatable bonds is 5. The van der Waals surface area contributed by atoms with Gasteiger partial charge in [-0.1, -0.05) is 18.9 Å². The van der Waals surface area contributed by atoms with Crippen molar-refractivity contribution >= 4 is 11.9 Å². The molecule has 0 radical (unpaired) electrons. The van der Waals surface area contributed by atoms with Crippen molar-refractivity contribution in [3.8, 4) is 11.5 Å². The molecule has 0 spiro atoms. The Morgan fingerprint density at radius 3 is 2.35 bits per heavy atom. The lowest BCUT2D eigenvalue weighted by atomic mass is 10.1. The van der Waals surface area contributed by atoms with Crippen LogP contribution < -0.4 is 14.4 Å². The van der Waals surface area contributed by atoms with E-state index in [4.69, 9.17) is 13.9 Å². The maximum Gasteiger partial charge on any atom is 0.318 e. The summed E-state index contributed by atoms with van der Waals surface area (Å²) in [5.41, 5.74) is 0.580.